The van der Waals surface area contributed by atoms with Crippen molar-refractivity contribution in [3.8, 4) is 28.4 Å². The molecule has 0 bridgehead atoms. The van der Waals surface area contributed by atoms with Crippen molar-refractivity contribution in [2.45, 2.75) is 11.8 Å². The summed E-state index contributed by atoms with van der Waals surface area (Å²) in [5.74, 6) is 1.13. The number of hydrogen-bond donors (Lipinski definition) is 1. The Balaban J connectivity index is 2.16. The number of ether oxygens (including phenoxy) is 1. The van der Waals surface area contributed by atoms with Crippen LogP contribution >= 0.6 is 11.8 Å². The summed E-state index contributed by atoms with van der Waals surface area (Å²) in [6, 6.07) is 9.55. The highest BCUT2D eigenvalue weighted by Crippen LogP contribution is 2.35. The number of benzene rings is 1. The van der Waals surface area contributed by atoms with Crippen LogP contribution in [0.3, 0.4) is 0 Å². The second kappa shape index (κ2) is 6.34. The zero-order chi connectivity index (χ0) is 16.4. The Labute approximate surface area is 138 Å². The summed E-state index contributed by atoms with van der Waals surface area (Å²) < 4.78 is 6.56. The fourth-order valence-electron chi connectivity index (χ4n) is 2.51. The molecule has 1 N–H and O–H groups in total. The third kappa shape index (κ3) is 2.77. The van der Waals surface area contributed by atoms with Crippen LogP contribution in [-0.4, -0.2) is 33.3 Å². The molecule has 118 valence electrons. The lowest BCUT2D eigenvalue weighted by Gasteiger charge is -2.10. The van der Waals surface area contributed by atoms with Crippen molar-refractivity contribution in [3.63, 3.8) is 0 Å². The second-order valence-electron chi connectivity index (χ2n) is 4.99. The maximum absolute atomic E-state index is 10.6. The van der Waals surface area contributed by atoms with E-state index in [1.165, 1.54) is 0 Å². The van der Waals surface area contributed by atoms with E-state index < -0.39 is 0 Å². The van der Waals surface area contributed by atoms with Crippen LogP contribution in [0, 0.1) is 6.92 Å². The Hall–Kier alpha value is -2.47. The molecular weight excluding hydrogens is 310 g/mol. The summed E-state index contributed by atoms with van der Waals surface area (Å²) in [5.41, 5.74) is 2.91. The molecular formula is C17H17N3O2S. The Morgan fingerprint density at radius 1 is 1.26 bits per heavy atom. The Kier molecular flexibility index (Phi) is 4.25. The molecule has 3 rings (SSSR count). The molecule has 2 aromatic heterocycles. The molecule has 2 heterocycles. The Morgan fingerprint density at radius 2 is 2.09 bits per heavy atom. The van der Waals surface area contributed by atoms with E-state index in [1.54, 1.807) is 31.3 Å². The standard InChI is InChI=1S/C17H17N3O2S/c1-11-16(12-5-4-8-18-10-12)20(21)17(19-11)14-7-6-13(23-3)9-15(14)22-2/h4-10,21H,1-3H3. The predicted molar refractivity (Wildman–Crippen MR) is 91.1 cm³/mol. The molecule has 0 amide bonds. The third-order valence-electron chi connectivity index (χ3n) is 3.61. The van der Waals surface area contributed by atoms with Crippen molar-refractivity contribution < 1.29 is 9.94 Å². The van der Waals surface area contributed by atoms with Gasteiger partial charge < -0.3 is 9.94 Å². The van der Waals surface area contributed by atoms with Crippen LogP contribution in [0.1, 0.15) is 5.69 Å². The lowest BCUT2D eigenvalue weighted by atomic mass is 10.2. The van der Waals surface area contributed by atoms with Crippen LogP contribution in [-0.2, 0) is 0 Å². The van der Waals surface area contributed by atoms with E-state index in [9.17, 15) is 5.21 Å². The number of aryl methyl sites for hydroxylation is 1. The molecule has 6 heteroatoms. The summed E-state index contributed by atoms with van der Waals surface area (Å²) in [4.78, 5) is 9.71. The highest BCUT2D eigenvalue weighted by molar-refractivity contribution is 7.98. The van der Waals surface area contributed by atoms with Gasteiger partial charge in [-0.05, 0) is 43.5 Å². The van der Waals surface area contributed by atoms with Crippen molar-refractivity contribution in [1.29, 1.82) is 0 Å². The van der Waals surface area contributed by atoms with E-state index in [0.29, 0.717) is 17.3 Å². The van der Waals surface area contributed by atoms with Gasteiger partial charge in [0, 0.05) is 22.9 Å². The lowest BCUT2D eigenvalue weighted by molar-refractivity contribution is 0.195. The molecule has 0 aliphatic carbocycles. The molecule has 0 aliphatic rings. The molecule has 0 atom stereocenters. The fourth-order valence-corrected chi connectivity index (χ4v) is 2.94. The third-order valence-corrected chi connectivity index (χ3v) is 4.34. The van der Waals surface area contributed by atoms with Gasteiger partial charge in [-0.15, -0.1) is 11.8 Å². The van der Waals surface area contributed by atoms with Crippen molar-refractivity contribution >= 4 is 11.8 Å². The van der Waals surface area contributed by atoms with Crippen molar-refractivity contribution in [2.24, 2.45) is 0 Å². The maximum Gasteiger partial charge on any atom is 0.180 e. The monoisotopic (exact) mass is 327 g/mol. The molecule has 0 spiro atoms. The highest BCUT2D eigenvalue weighted by atomic mass is 32.2. The molecule has 3 aromatic rings. The van der Waals surface area contributed by atoms with Gasteiger partial charge in [-0.25, -0.2) is 4.98 Å². The number of imidazole rings is 1. The topological polar surface area (TPSA) is 60.2 Å². The number of aromatic nitrogens is 3. The van der Waals surface area contributed by atoms with Gasteiger partial charge >= 0.3 is 0 Å². The number of nitrogens with zero attached hydrogens (tertiary/aromatic N) is 3. The lowest BCUT2D eigenvalue weighted by Crippen LogP contribution is -1.99. The first-order chi connectivity index (χ1) is 11.2. The molecule has 0 unspecified atom stereocenters. The number of rotatable bonds is 4. The zero-order valence-electron chi connectivity index (χ0n) is 13.1. The first-order valence-electron chi connectivity index (χ1n) is 7.07. The van der Waals surface area contributed by atoms with Crippen LogP contribution in [0.25, 0.3) is 22.6 Å². The van der Waals surface area contributed by atoms with Crippen LogP contribution < -0.4 is 4.74 Å². The summed E-state index contributed by atoms with van der Waals surface area (Å²) in [6.07, 6.45) is 5.41. The van der Waals surface area contributed by atoms with E-state index in [4.69, 9.17) is 4.74 Å². The van der Waals surface area contributed by atoms with E-state index in [-0.39, 0.29) is 0 Å². The van der Waals surface area contributed by atoms with Crippen LogP contribution in [0.4, 0.5) is 0 Å². The number of thioether (sulfide) groups is 1. The summed E-state index contributed by atoms with van der Waals surface area (Å²) in [6.45, 7) is 1.86. The van der Waals surface area contributed by atoms with Crippen LogP contribution in [0.2, 0.25) is 0 Å². The van der Waals surface area contributed by atoms with Gasteiger partial charge in [0.1, 0.15) is 11.4 Å². The number of hydrogen-bond acceptors (Lipinski definition) is 5. The quantitative estimate of drug-likeness (QED) is 0.582. The molecule has 5 nitrogen and oxygen atoms in total. The number of methoxy groups -OCH3 is 1. The zero-order valence-corrected chi connectivity index (χ0v) is 14.0. The first kappa shape index (κ1) is 15.4. The Morgan fingerprint density at radius 3 is 2.74 bits per heavy atom. The minimum absolute atomic E-state index is 0.450. The number of pyridine rings is 1. The highest BCUT2D eigenvalue weighted by Gasteiger charge is 2.20. The van der Waals surface area contributed by atoms with Gasteiger partial charge in [-0.3, -0.25) is 4.98 Å². The maximum atomic E-state index is 10.6. The van der Waals surface area contributed by atoms with E-state index >= 15 is 0 Å². The van der Waals surface area contributed by atoms with Crippen molar-refractivity contribution in [1.82, 2.24) is 14.7 Å². The average molecular weight is 327 g/mol. The molecule has 0 saturated carbocycles. The second-order valence-corrected chi connectivity index (χ2v) is 5.87. The summed E-state index contributed by atoms with van der Waals surface area (Å²) in [7, 11) is 1.61. The van der Waals surface area contributed by atoms with Gasteiger partial charge in [0.2, 0.25) is 0 Å². The molecule has 23 heavy (non-hydrogen) atoms. The average Bonchev–Trinajstić information content (AvgIpc) is 2.89. The van der Waals surface area contributed by atoms with Gasteiger partial charge in [0.05, 0.1) is 18.4 Å². The SMILES string of the molecule is COc1cc(SC)ccc1-c1nc(C)c(-c2cccnc2)n1O. The minimum Gasteiger partial charge on any atom is -0.496 e. The summed E-state index contributed by atoms with van der Waals surface area (Å²) >= 11 is 1.63. The normalized spacial score (nSPS) is 10.7. The van der Waals surface area contributed by atoms with Crippen molar-refractivity contribution in [3.05, 3.63) is 48.4 Å². The van der Waals surface area contributed by atoms with Gasteiger partial charge in [0.25, 0.3) is 0 Å². The molecule has 1 aromatic carbocycles. The van der Waals surface area contributed by atoms with Crippen LogP contribution in [0.5, 0.6) is 5.75 Å². The Bertz CT molecular complexity index is 831. The fraction of sp³-hybridized carbons (Fsp3) is 0.176. The van der Waals surface area contributed by atoms with Gasteiger partial charge in [0.15, 0.2) is 5.82 Å². The molecule has 0 fully saturated rings. The smallest absolute Gasteiger partial charge is 0.180 e. The summed E-state index contributed by atoms with van der Waals surface area (Å²) in [5, 5.41) is 10.6. The molecule has 0 radical (unpaired) electrons. The molecule has 0 saturated heterocycles. The first-order valence-corrected chi connectivity index (χ1v) is 8.29. The van der Waals surface area contributed by atoms with E-state index in [2.05, 4.69) is 9.97 Å². The van der Waals surface area contributed by atoms with Gasteiger partial charge in [-0.1, -0.05) is 0 Å². The van der Waals surface area contributed by atoms with Crippen LogP contribution in [0.15, 0.2) is 47.6 Å². The van der Waals surface area contributed by atoms with E-state index in [0.717, 1.165) is 26.4 Å². The van der Waals surface area contributed by atoms with Crippen molar-refractivity contribution in [2.75, 3.05) is 13.4 Å². The predicted octanol–water partition coefficient (Wildman–Crippen LogP) is 3.89. The minimum atomic E-state index is 0.450. The van der Waals surface area contributed by atoms with Gasteiger partial charge in [-0.2, -0.15) is 4.73 Å². The van der Waals surface area contributed by atoms with E-state index in [1.807, 2.05) is 43.5 Å². The molecule has 0 aliphatic heterocycles. The largest absolute Gasteiger partial charge is 0.496 e.